The fourth-order valence-electron chi connectivity index (χ4n) is 3.41. The smallest absolute Gasteiger partial charge is 0.147 e. The fourth-order valence-corrected chi connectivity index (χ4v) is 3.41. The van der Waals surface area contributed by atoms with E-state index >= 15 is 0 Å². The molecule has 4 nitrogen and oxygen atoms in total. The Morgan fingerprint density at radius 1 is 0.840 bits per heavy atom. The van der Waals surface area contributed by atoms with E-state index in [2.05, 4.69) is 71.3 Å². The Morgan fingerprint density at radius 3 is 2.28 bits per heavy atom. The van der Waals surface area contributed by atoms with Gasteiger partial charge in [0.15, 0.2) is 0 Å². The molecule has 0 radical (unpaired) electrons. The largest absolute Gasteiger partial charge is 0.378 e. The molecule has 0 amide bonds. The summed E-state index contributed by atoms with van der Waals surface area (Å²) in [6, 6.07) is 15.0. The lowest BCUT2D eigenvalue weighted by atomic mass is 10.0. The van der Waals surface area contributed by atoms with Gasteiger partial charge in [-0.2, -0.15) is 0 Å². The van der Waals surface area contributed by atoms with Crippen LogP contribution in [0.3, 0.4) is 0 Å². The van der Waals surface area contributed by atoms with Crippen LogP contribution < -0.4 is 9.80 Å². The van der Waals surface area contributed by atoms with Crippen molar-refractivity contribution in [3.8, 4) is 11.1 Å². The first-order chi connectivity index (χ1) is 12.2. The lowest BCUT2D eigenvalue weighted by Gasteiger charge is -2.27. The van der Waals surface area contributed by atoms with E-state index in [-0.39, 0.29) is 0 Å². The van der Waals surface area contributed by atoms with Crippen LogP contribution >= 0.6 is 0 Å². The molecule has 4 heteroatoms. The van der Waals surface area contributed by atoms with Crippen molar-refractivity contribution in [3.05, 3.63) is 48.7 Å². The number of fused-ring (bicyclic) bond motifs is 1. The molecule has 4 rings (SSSR count). The normalized spacial score (nSPS) is 14.7. The summed E-state index contributed by atoms with van der Waals surface area (Å²) in [4.78, 5) is 14.0. The molecule has 128 valence electrons. The number of rotatable bonds is 3. The molecule has 0 aliphatic carbocycles. The highest BCUT2D eigenvalue weighted by molar-refractivity contribution is 5.82. The Balaban J connectivity index is 1.68. The van der Waals surface area contributed by atoms with E-state index in [4.69, 9.17) is 4.98 Å². The molecule has 2 heterocycles. The highest BCUT2D eigenvalue weighted by Gasteiger charge is 2.13. The summed E-state index contributed by atoms with van der Waals surface area (Å²) in [6.07, 6.45) is 5.74. The average Bonchev–Trinajstić information content (AvgIpc) is 2.68. The summed E-state index contributed by atoms with van der Waals surface area (Å²) in [5, 5.41) is 0. The molecule has 0 atom stereocenters. The molecular formula is C21H24N4. The van der Waals surface area contributed by atoms with Gasteiger partial charge in [-0.25, -0.2) is 4.98 Å². The second-order valence-electron chi connectivity index (χ2n) is 6.92. The Labute approximate surface area is 149 Å². The maximum atomic E-state index is 4.89. The van der Waals surface area contributed by atoms with E-state index in [1.54, 1.807) is 0 Å². The predicted octanol–water partition coefficient (Wildman–Crippen LogP) is 4.35. The topological polar surface area (TPSA) is 32.3 Å². The molecule has 1 aromatic heterocycles. The predicted molar refractivity (Wildman–Crippen MR) is 105 cm³/mol. The highest BCUT2D eigenvalue weighted by Crippen LogP contribution is 2.26. The first kappa shape index (κ1) is 15.9. The number of hydrogen-bond acceptors (Lipinski definition) is 4. The Kier molecular flexibility index (Phi) is 4.26. The number of aromatic nitrogens is 2. The minimum atomic E-state index is 0.953. The fraction of sp³-hybridized carbons (Fsp3) is 0.333. The third-order valence-corrected chi connectivity index (χ3v) is 4.93. The molecular weight excluding hydrogens is 308 g/mol. The summed E-state index contributed by atoms with van der Waals surface area (Å²) in [6.45, 7) is 2.18. The number of hydrogen-bond donors (Lipinski definition) is 0. The van der Waals surface area contributed by atoms with E-state index in [0.717, 1.165) is 29.9 Å². The summed E-state index contributed by atoms with van der Waals surface area (Å²) >= 11 is 0. The second kappa shape index (κ2) is 6.71. The van der Waals surface area contributed by atoms with Crippen LogP contribution in [-0.4, -0.2) is 37.2 Å². The summed E-state index contributed by atoms with van der Waals surface area (Å²) in [7, 11) is 4.12. The first-order valence-electron chi connectivity index (χ1n) is 9.00. The van der Waals surface area contributed by atoms with Gasteiger partial charge < -0.3 is 9.80 Å². The monoisotopic (exact) mass is 332 g/mol. The van der Waals surface area contributed by atoms with Crippen molar-refractivity contribution in [3.63, 3.8) is 0 Å². The molecule has 1 fully saturated rings. The van der Waals surface area contributed by atoms with E-state index in [9.17, 15) is 0 Å². The molecule has 25 heavy (non-hydrogen) atoms. The van der Waals surface area contributed by atoms with Crippen LogP contribution in [0.2, 0.25) is 0 Å². The number of piperidine rings is 1. The van der Waals surface area contributed by atoms with Crippen molar-refractivity contribution in [1.29, 1.82) is 0 Å². The van der Waals surface area contributed by atoms with Crippen LogP contribution in [0.1, 0.15) is 19.3 Å². The number of anilines is 2. The van der Waals surface area contributed by atoms with Crippen molar-refractivity contribution in [2.75, 3.05) is 37.0 Å². The van der Waals surface area contributed by atoms with Crippen LogP contribution in [0.4, 0.5) is 11.5 Å². The van der Waals surface area contributed by atoms with Crippen molar-refractivity contribution in [2.24, 2.45) is 0 Å². The minimum absolute atomic E-state index is 0.953. The molecule has 0 bridgehead atoms. The van der Waals surface area contributed by atoms with E-state index in [1.165, 1.54) is 36.1 Å². The molecule has 0 N–H and O–H groups in total. The van der Waals surface area contributed by atoms with Gasteiger partial charge in [-0.05, 0) is 54.7 Å². The van der Waals surface area contributed by atoms with Crippen molar-refractivity contribution in [2.45, 2.75) is 19.3 Å². The molecule has 0 spiro atoms. The van der Waals surface area contributed by atoms with Crippen LogP contribution in [0.5, 0.6) is 0 Å². The van der Waals surface area contributed by atoms with E-state index in [1.807, 2.05) is 6.20 Å². The molecule has 3 aromatic rings. The van der Waals surface area contributed by atoms with E-state index < -0.39 is 0 Å². The zero-order valence-corrected chi connectivity index (χ0v) is 14.9. The lowest BCUT2D eigenvalue weighted by Crippen LogP contribution is -2.30. The Hall–Kier alpha value is -2.62. The van der Waals surface area contributed by atoms with Gasteiger partial charge in [-0.15, -0.1) is 0 Å². The van der Waals surface area contributed by atoms with Crippen molar-refractivity contribution in [1.82, 2.24) is 9.97 Å². The van der Waals surface area contributed by atoms with Gasteiger partial charge in [0.05, 0.1) is 17.2 Å². The van der Waals surface area contributed by atoms with Crippen LogP contribution in [0.25, 0.3) is 22.2 Å². The lowest BCUT2D eigenvalue weighted by molar-refractivity contribution is 0.573. The first-order valence-corrected chi connectivity index (χ1v) is 9.00. The molecule has 1 aliphatic rings. The third kappa shape index (κ3) is 3.29. The standard InChI is InChI=1S/C21H24N4/c1-24(2)18-9-6-16(7-10-18)17-8-11-19-20(14-17)23-21(15-22-19)25-12-4-3-5-13-25/h6-11,14-15H,3-5,12-13H2,1-2H3. The maximum absolute atomic E-state index is 4.89. The number of nitrogens with zero attached hydrogens (tertiary/aromatic N) is 4. The third-order valence-electron chi connectivity index (χ3n) is 4.93. The SMILES string of the molecule is CN(C)c1ccc(-c2ccc3ncc(N4CCCCC4)nc3c2)cc1. The Morgan fingerprint density at radius 2 is 1.56 bits per heavy atom. The van der Waals surface area contributed by atoms with Gasteiger partial charge in [0.25, 0.3) is 0 Å². The minimum Gasteiger partial charge on any atom is -0.378 e. The van der Waals surface area contributed by atoms with Crippen LogP contribution in [0.15, 0.2) is 48.7 Å². The highest BCUT2D eigenvalue weighted by atomic mass is 15.2. The van der Waals surface area contributed by atoms with Crippen LogP contribution in [0, 0.1) is 0 Å². The van der Waals surface area contributed by atoms with Gasteiger partial charge in [-0.3, -0.25) is 4.98 Å². The van der Waals surface area contributed by atoms with Gasteiger partial charge in [0.2, 0.25) is 0 Å². The second-order valence-corrected chi connectivity index (χ2v) is 6.92. The summed E-state index contributed by atoms with van der Waals surface area (Å²) in [5.41, 5.74) is 5.52. The summed E-state index contributed by atoms with van der Waals surface area (Å²) in [5.74, 6) is 1.01. The molecule has 2 aromatic carbocycles. The zero-order valence-electron chi connectivity index (χ0n) is 14.9. The van der Waals surface area contributed by atoms with Gasteiger partial charge in [0, 0.05) is 32.9 Å². The molecule has 1 saturated heterocycles. The average molecular weight is 332 g/mol. The maximum Gasteiger partial charge on any atom is 0.147 e. The molecule has 0 unspecified atom stereocenters. The van der Waals surface area contributed by atoms with Crippen LogP contribution in [-0.2, 0) is 0 Å². The summed E-state index contributed by atoms with van der Waals surface area (Å²) < 4.78 is 0. The van der Waals surface area contributed by atoms with Gasteiger partial charge in [0.1, 0.15) is 5.82 Å². The van der Waals surface area contributed by atoms with Gasteiger partial charge >= 0.3 is 0 Å². The van der Waals surface area contributed by atoms with Crippen molar-refractivity contribution >= 4 is 22.5 Å². The number of benzene rings is 2. The molecule has 1 aliphatic heterocycles. The zero-order chi connectivity index (χ0) is 17.2. The van der Waals surface area contributed by atoms with Gasteiger partial charge in [-0.1, -0.05) is 18.2 Å². The molecule has 0 saturated carbocycles. The Bertz CT molecular complexity index is 865. The van der Waals surface area contributed by atoms with E-state index in [0.29, 0.717) is 0 Å². The quantitative estimate of drug-likeness (QED) is 0.713. The van der Waals surface area contributed by atoms with Crippen molar-refractivity contribution < 1.29 is 0 Å².